The summed E-state index contributed by atoms with van der Waals surface area (Å²) in [4.78, 5) is 7.09. The van der Waals surface area contributed by atoms with Crippen molar-refractivity contribution in [3.63, 3.8) is 0 Å². The molecule has 2 rings (SSSR count). The maximum Gasteiger partial charge on any atom is 0.194 e. The van der Waals surface area contributed by atoms with Gasteiger partial charge in [-0.1, -0.05) is 19.8 Å². The van der Waals surface area contributed by atoms with E-state index in [1.807, 2.05) is 13.8 Å². The van der Waals surface area contributed by atoms with Crippen molar-refractivity contribution in [3.05, 3.63) is 0 Å². The maximum absolute atomic E-state index is 10.1. The molecule has 0 bridgehead atoms. The highest BCUT2D eigenvalue weighted by atomic mass is 127. The molecule has 0 aromatic rings. The summed E-state index contributed by atoms with van der Waals surface area (Å²) >= 11 is 0. The van der Waals surface area contributed by atoms with Crippen LogP contribution in [0.15, 0.2) is 4.99 Å². The van der Waals surface area contributed by atoms with Gasteiger partial charge in [0.1, 0.15) is 0 Å². The van der Waals surface area contributed by atoms with Gasteiger partial charge < -0.3 is 15.3 Å². The minimum atomic E-state index is -0.687. The summed E-state index contributed by atoms with van der Waals surface area (Å²) in [7, 11) is 0. The molecule has 2 N–H and O–H groups in total. The highest BCUT2D eigenvalue weighted by Gasteiger charge is 2.35. The summed E-state index contributed by atoms with van der Waals surface area (Å²) in [5, 5.41) is 13.5. The molecule has 0 aromatic carbocycles. The molecule has 3 atom stereocenters. The average molecular weight is 409 g/mol. The number of halogens is 1. The van der Waals surface area contributed by atoms with Gasteiger partial charge in [-0.15, -0.1) is 24.0 Å². The molecule has 124 valence electrons. The van der Waals surface area contributed by atoms with E-state index in [0.717, 1.165) is 43.9 Å². The van der Waals surface area contributed by atoms with Crippen LogP contribution in [0.5, 0.6) is 0 Å². The minimum Gasteiger partial charge on any atom is -0.388 e. The van der Waals surface area contributed by atoms with Gasteiger partial charge >= 0.3 is 0 Å². The maximum atomic E-state index is 10.1. The second-order valence-electron chi connectivity index (χ2n) is 6.73. The zero-order chi connectivity index (χ0) is 14.6. The number of hydrogen-bond acceptors (Lipinski definition) is 2. The Morgan fingerprint density at radius 2 is 1.81 bits per heavy atom. The summed E-state index contributed by atoms with van der Waals surface area (Å²) in [6.45, 7) is 9.64. The van der Waals surface area contributed by atoms with E-state index >= 15 is 0 Å². The van der Waals surface area contributed by atoms with Gasteiger partial charge in [0, 0.05) is 19.6 Å². The van der Waals surface area contributed by atoms with Crippen LogP contribution < -0.4 is 5.32 Å². The van der Waals surface area contributed by atoms with E-state index in [4.69, 9.17) is 0 Å². The molecule has 4 nitrogen and oxygen atoms in total. The number of aliphatic imine (C=N–C) groups is 1. The number of aliphatic hydroxyl groups is 1. The number of nitrogens with zero attached hydrogens (tertiary/aromatic N) is 2. The van der Waals surface area contributed by atoms with E-state index in [9.17, 15) is 5.11 Å². The number of nitrogens with one attached hydrogen (secondary N) is 1. The monoisotopic (exact) mass is 409 g/mol. The van der Waals surface area contributed by atoms with E-state index in [-0.39, 0.29) is 24.0 Å². The Hall–Kier alpha value is -0.0400. The molecule has 1 heterocycles. The van der Waals surface area contributed by atoms with Crippen molar-refractivity contribution >= 4 is 29.9 Å². The Morgan fingerprint density at radius 3 is 2.29 bits per heavy atom. The van der Waals surface area contributed by atoms with Crippen LogP contribution in [0.3, 0.4) is 0 Å². The van der Waals surface area contributed by atoms with E-state index in [0.29, 0.717) is 6.54 Å². The first-order chi connectivity index (χ1) is 9.55. The number of guanidine groups is 1. The van der Waals surface area contributed by atoms with E-state index < -0.39 is 5.60 Å². The highest BCUT2D eigenvalue weighted by Crippen LogP contribution is 2.35. The predicted octanol–water partition coefficient (Wildman–Crippen LogP) is 2.85. The SMILES string of the molecule is CCNC(=NCC(C)(O)CC)N1CC2CCCCC2C1.I. The molecule has 0 radical (unpaired) electrons. The average Bonchev–Trinajstić information content (AvgIpc) is 2.87. The molecule has 0 amide bonds. The molecule has 1 saturated heterocycles. The molecule has 5 heteroatoms. The van der Waals surface area contributed by atoms with Gasteiger partial charge in [-0.3, -0.25) is 4.99 Å². The number of rotatable bonds is 4. The zero-order valence-corrected chi connectivity index (χ0v) is 16.1. The van der Waals surface area contributed by atoms with Crippen LogP contribution in [0, 0.1) is 11.8 Å². The number of hydrogen-bond donors (Lipinski definition) is 2. The second kappa shape index (κ2) is 8.56. The largest absolute Gasteiger partial charge is 0.388 e. The van der Waals surface area contributed by atoms with Crippen molar-refractivity contribution in [1.82, 2.24) is 10.2 Å². The Labute approximate surface area is 146 Å². The zero-order valence-electron chi connectivity index (χ0n) is 13.8. The Morgan fingerprint density at radius 1 is 1.24 bits per heavy atom. The van der Waals surface area contributed by atoms with Crippen molar-refractivity contribution < 1.29 is 5.11 Å². The fourth-order valence-corrected chi connectivity index (χ4v) is 3.36. The minimum absolute atomic E-state index is 0. The molecule has 0 aromatic heterocycles. The summed E-state index contributed by atoms with van der Waals surface area (Å²) < 4.78 is 0. The van der Waals surface area contributed by atoms with Gasteiger partial charge in [0.2, 0.25) is 0 Å². The van der Waals surface area contributed by atoms with Crippen molar-refractivity contribution in [2.45, 2.75) is 58.5 Å². The number of likely N-dealkylation sites (tertiary alicyclic amines) is 1. The first kappa shape index (κ1) is 19.0. The fraction of sp³-hybridized carbons (Fsp3) is 0.938. The molecule has 21 heavy (non-hydrogen) atoms. The van der Waals surface area contributed by atoms with Crippen LogP contribution in [0.1, 0.15) is 52.9 Å². The van der Waals surface area contributed by atoms with Gasteiger partial charge in [0.15, 0.2) is 5.96 Å². The summed E-state index contributed by atoms with van der Waals surface area (Å²) in [5.41, 5.74) is -0.687. The van der Waals surface area contributed by atoms with E-state index in [1.165, 1.54) is 25.7 Å². The molecule has 2 aliphatic rings. The lowest BCUT2D eigenvalue weighted by atomic mass is 9.82. The molecular formula is C16H32IN3O. The summed E-state index contributed by atoms with van der Waals surface area (Å²) in [5.74, 6) is 2.72. The Bertz CT molecular complexity index is 332. The van der Waals surface area contributed by atoms with Gasteiger partial charge in [-0.2, -0.15) is 0 Å². The van der Waals surface area contributed by atoms with Crippen molar-refractivity contribution in [2.24, 2.45) is 16.8 Å². The normalized spacial score (nSPS) is 28.6. The van der Waals surface area contributed by atoms with Gasteiger partial charge in [0.05, 0.1) is 12.1 Å². The summed E-state index contributed by atoms with van der Waals surface area (Å²) in [6, 6.07) is 0. The van der Waals surface area contributed by atoms with Crippen LogP contribution in [0.4, 0.5) is 0 Å². The van der Waals surface area contributed by atoms with Crippen LogP contribution >= 0.6 is 24.0 Å². The smallest absolute Gasteiger partial charge is 0.194 e. The fourth-order valence-electron chi connectivity index (χ4n) is 3.36. The van der Waals surface area contributed by atoms with E-state index in [1.54, 1.807) is 0 Å². The predicted molar refractivity (Wildman–Crippen MR) is 99.3 cm³/mol. The molecule has 3 unspecified atom stereocenters. The standard InChI is InChI=1S/C16H31N3O.HI/c1-4-16(3,20)12-18-15(17-5-2)19-10-13-8-6-7-9-14(13)11-19;/h13-14,20H,4-12H2,1-3H3,(H,17,18);1H. The lowest BCUT2D eigenvalue weighted by molar-refractivity contribution is 0.0654. The summed E-state index contributed by atoms with van der Waals surface area (Å²) in [6.07, 6.45) is 6.29. The second-order valence-corrected chi connectivity index (χ2v) is 6.73. The molecule has 1 aliphatic carbocycles. The first-order valence-electron chi connectivity index (χ1n) is 8.31. The molecular weight excluding hydrogens is 377 g/mol. The van der Waals surface area contributed by atoms with Crippen LogP contribution in [0.25, 0.3) is 0 Å². The first-order valence-corrected chi connectivity index (χ1v) is 8.31. The Balaban J connectivity index is 0.00000220. The lowest BCUT2D eigenvalue weighted by Gasteiger charge is -2.24. The Kier molecular flexibility index (Phi) is 7.74. The third-order valence-corrected chi connectivity index (χ3v) is 4.94. The van der Waals surface area contributed by atoms with Gasteiger partial charge in [0.25, 0.3) is 0 Å². The number of fused-ring (bicyclic) bond motifs is 1. The van der Waals surface area contributed by atoms with Gasteiger partial charge in [-0.25, -0.2) is 0 Å². The highest BCUT2D eigenvalue weighted by molar-refractivity contribution is 14.0. The molecule has 1 saturated carbocycles. The van der Waals surface area contributed by atoms with Crippen molar-refractivity contribution in [3.8, 4) is 0 Å². The topological polar surface area (TPSA) is 47.9 Å². The molecule has 2 fully saturated rings. The van der Waals surface area contributed by atoms with Crippen LogP contribution in [0.2, 0.25) is 0 Å². The lowest BCUT2D eigenvalue weighted by Crippen LogP contribution is -2.41. The third kappa shape index (κ3) is 5.27. The van der Waals surface area contributed by atoms with E-state index in [2.05, 4.69) is 22.1 Å². The van der Waals surface area contributed by atoms with Crippen LogP contribution in [-0.2, 0) is 0 Å². The van der Waals surface area contributed by atoms with Crippen LogP contribution in [-0.4, -0.2) is 47.7 Å². The third-order valence-electron chi connectivity index (χ3n) is 4.94. The van der Waals surface area contributed by atoms with Gasteiger partial charge in [-0.05, 0) is 44.9 Å². The molecule has 1 aliphatic heterocycles. The van der Waals surface area contributed by atoms with Crippen molar-refractivity contribution in [1.29, 1.82) is 0 Å². The van der Waals surface area contributed by atoms with Crippen molar-refractivity contribution in [2.75, 3.05) is 26.2 Å². The quantitative estimate of drug-likeness (QED) is 0.427. The molecule has 0 spiro atoms.